The summed E-state index contributed by atoms with van der Waals surface area (Å²) < 4.78 is 10.2. The molecule has 1 rings (SSSR count). The number of hydrogen-bond donors (Lipinski definition) is 1. The minimum absolute atomic E-state index is 0.0556. The summed E-state index contributed by atoms with van der Waals surface area (Å²) in [6, 6.07) is 4.78. The third-order valence-corrected chi connectivity index (χ3v) is 2.82. The topological polar surface area (TPSA) is 47.6 Å². The van der Waals surface area contributed by atoms with Crippen LogP contribution in [0.2, 0.25) is 10.0 Å². The van der Waals surface area contributed by atoms with Crippen LogP contribution in [0.1, 0.15) is 6.92 Å². The van der Waals surface area contributed by atoms with Gasteiger partial charge in [-0.2, -0.15) is 0 Å². The molecule has 0 fully saturated rings. The number of halogens is 2. The normalized spacial score (nSPS) is 12.0. The Bertz CT molecular complexity index is 412. The standard InChI is InChI=1S/C12H15Cl2NO3/c1-8(6-17-2)15-12(16)7-18-9-3-4-10(13)11(14)5-9/h3-5,8H,6-7H2,1-2H3,(H,15,16). The molecule has 1 aromatic carbocycles. The minimum atomic E-state index is -0.217. The number of carbonyl (C=O) groups excluding carboxylic acids is 1. The first-order valence-corrected chi connectivity index (χ1v) is 6.14. The van der Waals surface area contributed by atoms with E-state index in [0.717, 1.165) is 0 Å². The zero-order valence-electron chi connectivity index (χ0n) is 10.2. The molecule has 6 heteroatoms. The molecule has 0 aliphatic rings. The van der Waals surface area contributed by atoms with E-state index in [4.69, 9.17) is 32.7 Å². The van der Waals surface area contributed by atoms with Gasteiger partial charge < -0.3 is 14.8 Å². The molecule has 0 saturated carbocycles. The molecule has 0 heterocycles. The van der Waals surface area contributed by atoms with E-state index in [2.05, 4.69) is 5.32 Å². The highest BCUT2D eigenvalue weighted by molar-refractivity contribution is 6.42. The molecule has 0 spiro atoms. The predicted octanol–water partition coefficient (Wildman–Crippen LogP) is 2.52. The van der Waals surface area contributed by atoms with Gasteiger partial charge in [0.25, 0.3) is 5.91 Å². The molecular weight excluding hydrogens is 277 g/mol. The summed E-state index contributed by atoms with van der Waals surface area (Å²) >= 11 is 11.6. The van der Waals surface area contributed by atoms with Crippen molar-refractivity contribution in [3.63, 3.8) is 0 Å². The molecule has 100 valence electrons. The van der Waals surface area contributed by atoms with Gasteiger partial charge in [0.2, 0.25) is 0 Å². The average Bonchev–Trinajstić information content (AvgIpc) is 2.31. The maximum Gasteiger partial charge on any atom is 0.258 e. The fourth-order valence-corrected chi connectivity index (χ4v) is 1.61. The second-order valence-corrected chi connectivity index (χ2v) is 4.60. The van der Waals surface area contributed by atoms with Crippen LogP contribution in [0, 0.1) is 0 Å². The van der Waals surface area contributed by atoms with Crippen LogP contribution in [0.4, 0.5) is 0 Å². The molecule has 0 aromatic heterocycles. The SMILES string of the molecule is COCC(C)NC(=O)COc1ccc(Cl)c(Cl)c1. The maximum absolute atomic E-state index is 11.5. The highest BCUT2D eigenvalue weighted by atomic mass is 35.5. The Hall–Kier alpha value is -0.970. The number of rotatable bonds is 6. The Morgan fingerprint density at radius 3 is 2.72 bits per heavy atom. The van der Waals surface area contributed by atoms with Crippen LogP contribution < -0.4 is 10.1 Å². The molecule has 1 atom stereocenters. The molecule has 0 aliphatic heterocycles. The lowest BCUT2D eigenvalue weighted by atomic mass is 10.3. The summed E-state index contributed by atoms with van der Waals surface area (Å²) in [4.78, 5) is 11.5. The summed E-state index contributed by atoms with van der Waals surface area (Å²) in [6.07, 6.45) is 0. The van der Waals surface area contributed by atoms with Crippen LogP contribution in [0.5, 0.6) is 5.75 Å². The molecule has 0 bridgehead atoms. The van der Waals surface area contributed by atoms with Crippen molar-refractivity contribution in [2.24, 2.45) is 0 Å². The van der Waals surface area contributed by atoms with Gasteiger partial charge in [0.05, 0.1) is 16.7 Å². The Morgan fingerprint density at radius 1 is 1.39 bits per heavy atom. The predicted molar refractivity (Wildman–Crippen MR) is 71.4 cm³/mol. The van der Waals surface area contributed by atoms with Crippen LogP contribution in [0.25, 0.3) is 0 Å². The van der Waals surface area contributed by atoms with Crippen molar-refractivity contribution in [2.45, 2.75) is 13.0 Å². The molecule has 0 aliphatic carbocycles. The maximum atomic E-state index is 11.5. The van der Waals surface area contributed by atoms with Crippen LogP contribution in [-0.2, 0) is 9.53 Å². The Morgan fingerprint density at radius 2 is 2.11 bits per heavy atom. The van der Waals surface area contributed by atoms with E-state index in [1.165, 1.54) is 0 Å². The lowest BCUT2D eigenvalue weighted by Gasteiger charge is -2.13. The van der Waals surface area contributed by atoms with Crippen LogP contribution in [-0.4, -0.2) is 32.3 Å². The van der Waals surface area contributed by atoms with Crippen LogP contribution in [0.15, 0.2) is 18.2 Å². The average molecular weight is 292 g/mol. The van der Waals surface area contributed by atoms with E-state index in [9.17, 15) is 4.79 Å². The van der Waals surface area contributed by atoms with E-state index in [1.54, 1.807) is 25.3 Å². The van der Waals surface area contributed by atoms with Crippen LogP contribution >= 0.6 is 23.2 Å². The van der Waals surface area contributed by atoms with Gasteiger partial charge in [-0.05, 0) is 19.1 Å². The summed E-state index contributed by atoms with van der Waals surface area (Å²) in [6.45, 7) is 2.23. The highest BCUT2D eigenvalue weighted by Gasteiger charge is 2.08. The first-order valence-electron chi connectivity index (χ1n) is 5.39. The van der Waals surface area contributed by atoms with Crippen molar-refractivity contribution < 1.29 is 14.3 Å². The quantitative estimate of drug-likeness (QED) is 0.876. The fraction of sp³-hybridized carbons (Fsp3) is 0.417. The number of carbonyl (C=O) groups is 1. The second kappa shape index (κ2) is 7.46. The van der Waals surface area contributed by atoms with E-state index in [1.807, 2.05) is 6.92 Å². The summed E-state index contributed by atoms with van der Waals surface area (Å²) in [5, 5.41) is 3.57. The Kier molecular flexibility index (Phi) is 6.25. The lowest BCUT2D eigenvalue weighted by Crippen LogP contribution is -2.38. The molecule has 1 amide bonds. The van der Waals surface area contributed by atoms with Gasteiger partial charge in [-0.15, -0.1) is 0 Å². The zero-order valence-corrected chi connectivity index (χ0v) is 11.7. The van der Waals surface area contributed by atoms with Crippen molar-refractivity contribution in [2.75, 3.05) is 20.3 Å². The van der Waals surface area contributed by atoms with Gasteiger partial charge in [0.15, 0.2) is 6.61 Å². The highest BCUT2D eigenvalue weighted by Crippen LogP contribution is 2.26. The molecule has 1 unspecified atom stereocenters. The fourth-order valence-electron chi connectivity index (χ4n) is 1.32. The summed E-state index contributed by atoms with van der Waals surface area (Å²) in [5.74, 6) is 0.282. The lowest BCUT2D eigenvalue weighted by molar-refractivity contribution is -0.124. The molecule has 1 aromatic rings. The first kappa shape index (κ1) is 15.1. The second-order valence-electron chi connectivity index (χ2n) is 3.79. The molecular formula is C12H15Cl2NO3. The van der Waals surface area contributed by atoms with Gasteiger partial charge in [-0.1, -0.05) is 23.2 Å². The Balaban J connectivity index is 2.40. The molecule has 1 N–H and O–H groups in total. The van der Waals surface area contributed by atoms with E-state index < -0.39 is 0 Å². The molecule has 0 radical (unpaired) electrons. The minimum Gasteiger partial charge on any atom is -0.484 e. The zero-order chi connectivity index (χ0) is 13.5. The van der Waals surface area contributed by atoms with Gasteiger partial charge >= 0.3 is 0 Å². The van der Waals surface area contributed by atoms with Crippen molar-refractivity contribution in [1.82, 2.24) is 5.32 Å². The number of ether oxygens (including phenoxy) is 2. The number of benzene rings is 1. The number of methoxy groups -OCH3 is 1. The van der Waals surface area contributed by atoms with Crippen molar-refractivity contribution in [3.8, 4) is 5.75 Å². The van der Waals surface area contributed by atoms with Crippen molar-refractivity contribution in [3.05, 3.63) is 28.2 Å². The third-order valence-electron chi connectivity index (χ3n) is 2.09. The third kappa shape index (κ3) is 5.12. The van der Waals surface area contributed by atoms with Crippen molar-refractivity contribution in [1.29, 1.82) is 0 Å². The van der Waals surface area contributed by atoms with Crippen LogP contribution in [0.3, 0.4) is 0 Å². The monoisotopic (exact) mass is 291 g/mol. The number of nitrogens with one attached hydrogen (secondary N) is 1. The van der Waals surface area contributed by atoms with Gasteiger partial charge in [0.1, 0.15) is 5.75 Å². The number of hydrogen-bond acceptors (Lipinski definition) is 3. The van der Waals surface area contributed by atoms with Gasteiger partial charge in [-0.25, -0.2) is 0 Å². The molecule has 4 nitrogen and oxygen atoms in total. The largest absolute Gasteiger partial charge is 0.484 e. The Labute approximate surface area is 116 Å². The molecule has 0 saturated heterocycles. The first-order chi connectivity index (χ1) is 8.52. The summed E-state index contributed by atoms with van der Waals surface area (Å²) in [7, 11) is 1.58. The smallest absolute Gasteiger partial charge is 0.258 e. The van der Waals surface area contributed by atoms with E-state index in [-0.39, 0.29) is 18.6 Å². The van der Waals surface area contributed by atoms with E-state index in [0.29, 0.717) is 22.4 Å². The summed E-state index contributed by atoms with van der Waals surface area (Å²) in [5.41, 5.74) is 0. The molecule has 18 heavy (non-hydrogen) atoms. The number of amides is 1. The van der Waals surface area contributed by atoms with Crippen molar-refractivity contribution >= 4 is 29.1 Å². The van der Waals surface area contributed by atoms with E-state index >= 15 is 0 Å². The van der Waals surface area contributed by atoms with Gasteiger partial charge in [-0.3, -0.25) is 4.79 Å². The van der Waals surface area contributed by atoms with Gasteiger partial charge in [0, 0.05) is 19.2 Å².